The van der Waals surface area contributed by atoms with Gasteiger partial charge >= 0.3 is 0 Å². The molecule has 0 nitrogen and oxygen atoms in total. The van der Waals surface area contributed by atoms with Gasteiger partial charge in [-0.05, 0) is 78.9 Å². The molecular weight excluding hydrogens is 516 g/mol. The van der Waals surface area contributed by atoms with E-state index in [4.69, 9.17) is 0 Å². The van der Waals surface area contributed by atoms with Crippen LogP contribution in [0, 0.1) is 0 Å². The third-order valence-electron chi connectivity index (χ3n) is 8.70. The SMILES string of the molecule is CC1(C)c2cc(-c3ccc(/C=C/c4ccccc4)cc3)ccc2-c2ccc(-c3ccc(/C=C/c4ccccc4)cc3)cc21. The fourth-order valence-corrected chi connectivity index (χ4v) is 6.18. The minimum atomic E-state index is -0.0760. The summed E-state index contributed by atoms with van der Waals surface area (Å²) in [7, 11) is 0. The lowest BCUT2D eigenvalue weighted by Gasteiger charge is -2.22. The number of hydrogen-bond acceptors (Lipinski definition) is 0. The molecule has 43 heavy (non-hydrogen) atoms. The summed E-state index contributed by atoms with van der Waals surface area (Å²) in [5.74, 6) is 0. The summed E-state index contributed by atoms with van der Waals surface area (Å²) in [6, 6.07) is 52.6. The molecule has 0 heteroatoms. The van der Waals surface area contributed by atoms with Gasteiger partial charge in [-0.2, -0.15) is 0 Å². The van der Waals surface area contributed by atoms with Crippen LogP contribution in [0.15, 0.2) is 146 Å². The topological polar surface area (TPSA) is 0 Å². The van der Waals surface area contributed by atoms with Crippen molar-refractivity contribution in [3.8, 4) is 33.4 Å². The van der Waals surface area contributed by atoms with Gasteiger partial charge in [0.1, 0.15) is 0 Å². The first-order chi connectivity index (χ1) is 21.0. The molecule has 1 aliphatic carbocycles. The first-order valence-corrected chi connectivity index (χ1v) is 15.0. The van der Waals surface area contributed by atoms with Crippen LogP contribution < -0.4 is 0 Å². The van der Waals surface area contributed by atoms with Crippen molar-refractivity contribution in [2.24, 2.45) is 0 Å². The second kappa shape index (κ2) is 11.2. The zero-order valence-electron chi connectivity index (χ0n) is 24.7. The normalized spacial score (nSPS) is 13.3. The smallest absolute Gasteiger partial charge is 0.0159 e. The molecule has 0 fully saturated rings. The Morgan fingerprint density at radius 1 is 0.349 bits per heavy atom. The van der Waals surface area contributed by atoms with Gasteiger partial charge in [-0.25, -0.2) is 0 Å². The fraction of sp³-hybridized carbons (Fsp3) is 0.0698. The maximum absolute atomic E-state index is 2.40. The van der Waals surface area contributed by atoms with Crippen LogP contribution in [0.2, 0.25) is 0 Å². The lowest BCUT2D eigenvalue weighted by molar-refractivity contribution is 0.661. The van der Waals surface area contributed by atoms with Gasteiger partial charge in [0.05, 0.1) is 0 Å². The third-order valence-corrected chi connectivity index (χ3v) is 8.70. The Kier molecular flexibility index (Phi) is 6.97. The summed E-state index contributed by atoms with van der Waals surface area (Å²) in [4.78, 5) is 0. The monoisotopic (exact) mass is 550 g/mol. The Morgan fingerprint density at radius 3 is 1.05 bits per heavy atom. The molecular formula is C43H34. The van der Waals surface area contributed by atoms with Gasteiger partial charge in [-0.1, -0.05) is 172 Å². The van der Waals surface area contributed by atoms with E-state index in [0.29, 0.717) is 0 Å². The first kappa shape index (κ1) is 26.7. The highest BCUT2D eigenvalue weighted by Crippen LogP contribution is 2.50. The first-order valence-electron chi connectivity index (χ1n) is 15.0. The van der Waals surface area contributed by atoms with Crippen molar-refractivity contribution in [2.45, 2.75) is 19.3 Å². The van der Waals surface area contributed by atoms with E-state index in [-0.39, 0.29) is 5.41 Å². The average Bonchev–Trinajstić information content (AvgIpc) is 3.29. The molecule has 0 aromatic heterocycles. The number of fused-ring (bicyclic) bond motifs is 3. The molecule has 0 atom stereocenters. The van der Waals surface area contributed by atoms with Gasteiger partial charge < -0.3 is 0 Å². The molecule has 0 heterocycles. The zero-order chi connectivity index (χ0) is 29.2. The van der Waals surface area contributed by atoms with Crippen molar-refractivity contribution in [1.29, 1.82) is 0 Å². The molecule has 0 radical (unpaired) electrons. The van der Waals surface area contributed by atoms with E-state index in [0.717, 1.165) is 0 Å². The standard InChI is InChI=1S/C43H34/c1-43(2)41-29-37(35-21-17-33(18-22-35)15-13-31-9-5-3-6-10-31)25-27-39(41)40-28-26-38(30-42(40)43)36-23-19-34(20-24-36)16-14-32-11-7-4-8-12-32/h3-30H,1-2H3/b15-13+,16-14+. The molecule has 0 saturated heterocycles. The van der Waals surface area contributed by atoms with E-state index < -0.39 is 0 Å². The van der Waals surface area contributed by atoms with Crippen molar-refractivity contribution in [3.63, 3.8) is 0 Å². The maximum atomic E-state index is 2.40. The minimum absolute atomic E-state index is 0.0760. The summed E-state index contributed by atoms with van der Waals surface area (Å²) in [5.41, 5.74) is 15.2. The predicted molar refractivity (Wildman–Crippen MR) is 186 cm³/mol. The van der Waals surface area contributed by atoms with Gasteiger partial charge in [0.15, 0.2) is 0 Å². The van der Waals surface area contributed by atoms with Crippen molar-refractivity contribution in [3.05, 3.63) is 179 Å². The van der Waals surface area contributed by atoms with E-state index in [1.807, 2.05) is 12.1 Å². The highest BCUT2D eigenvalue weighted by Gasteiger charge is 2.35. The third kappa shape index (κ3) is 5.41. The van der Waals surface area contributed by atoms with Crippen LogP contribution in [0.4, 0.5) is 0 Å². The average molecular weight is 551 g/mol. The molecule has 0 N–H and O–H groups in total. The number of rotatable bonds is 6. The quantitative estimate of drug-likeness (QED) is 0.181. The Labute approximate surface area is 255 Å². The van der Waals surface area contributed by atoms with Crippen molar-refractivity contribution < 1.29 is 0 Å². The molecule has 6 aromatic carbocycles. The van der Waals surface area contributed by atoms with Crippen LogP contribution in [0.1, 0.15) is 47.2 Å². The van der Waals surface area contributed by atoms with Crippen LogP contribution in [-0.2, 0) is 5.41 Å². The van der Waals surface area contributed by atoms with E-state index in [1.54, 1.807) is 0 Å². The van der Waals surface area contributed by atoms with E-state index in [2.05, 4.69) is 172 Å². The summed E-state index contributed by atoms with van der Waals surface area (Å²) < 4.78 is 0. The van der Waals surface area contributed by atoms with E-state index in [1.165, 1.54) is 66.8 Å². The van der Waals surface area contributed by atoms with E-state index >= 15 is 0 Å². The molecule has 0 aliphatic heterocycles. The molecule has 0 saturated carbocycles. The fourth-order valence-electron chi connectivity index (χ4n) is 6.18. The summed E-state index contributed by atoms with van der Waals surface area (Å²) in [5, 5.41) is 0. The number of benzene rings is 6. The molecule has 0 spiro atoms. The zero-order valence-corrected chi connectivity index (χ0v) is 24.7. The van der Waals surface area contributed by atoms with Crippen LogP contribution in [-0.4, -0.2) is 0 Å². The highest BCUT2D eigenvalue weighted by molar-refractivity contribution is 5.86. The van der Waals surface area contributed by atoms with Crippen LogP contribution in [0.5, 0.6) is 0 Å². The molecule has 0 unspecified atom stereocenters. The van der Waals surface area contributed by atoms with Crippen molar-refractivity contribution >= 4 is 24.3 Å². The summed E-state index contributed by atoms with van der Waals surface area (Å²) in [6.07, 6.45) is 8.67. The molecule has 6 aromatic rings. The maximum Gasteiger partial charge on any atom is 0.0159 e. The Hall–Kier alpha value is -5.20. The van der Waals surface area contributed by atoms with Crippen molar-refractivity contribution in [2.75, 3.05) is 0 Å². The predicted octanol–water partition coefficient (Wildman–Crippen LogP) is 11.7. The lowest BCUT2D eigenvalue weighted by Crippen LogP contribution is -2.15. The molecule has 206 valence electrons. The molecule has 1 aliphatic rings. The van der Waals surface area contributed by atoms with Crippen LogP contribution >= 0.6 is 0 Å². The van der Waals surface area contributed by atoms with Crippen molar-refractivity contribution in [1.82, 2.24) is 0 Å². The second-order valence-corrected chi connectivity index (χ2v) is 11.9. The van der Waals surface area contributed by atoms with Crippen LogP contribution in [0.25, 0.3) is 57.7 Å². The number of hydrogen-bond donors (Lipinski definition) is 0. The summed E-state index contributed by atoms with van der Waals surface area (Å²) in [6.45, 7) is 4.72. The Balaban J connectivity index is 1.12. The second-order valence-electron chi connectivity index (χ2n) is 11.9. The molecule has 0 amide bonds. The Bertz CT molecular complexity index is 1790. The van der Waals surface area contributed by atoms with Crippen LogP contribution in [0.3, 0.4) is 0 Å². The van der Waals surface area contributed by atoms with Gasteiger partial charge in [0.2, 0.25) is 0 Å². The van der Waals surface area contributed by atoms with Gasteiger partial charge in [-0.3, -0.25) is 0 Å². The summed E-state index contributed by atoms with van der Waals surface area (Å²) >= 11 is 0. The van der Waals surface area contributed by atoms with Gasteiger partial charge in [-0.15, -0.1) is 0 Å². The lowest BCUT2D eigenvalue weighted by atomic mass is 9.81. The molecule has 7 rings (SSSR count). The van der Waals surface area contributed by atoms with Gasteiger partial charge in [0.25, 0.3) is 0 Å². The van der Waals surface area contributed by atoms with Gasteiger partial charge in [0, 0.05) is 5.41 Å². The molecule has 0 bridgehead atoms. The minimum Gasteiger partial charge on any atom is -0.0622 e. The highest BCUT2D eigenvalue weighted by atomic mass is 14.4. The van der Waals surface area contributed by atoms with E-state index in [9.17, 15) is 0 Å². The largest absolute Gasteiger partial charge is 0.0622 e. The Morgan fingerprint density at radius 2 is 0.674 bits per heavy atom.